The number of alkyl halides is 3. The first-order chi connectivity index (χ1) is 8.38. The maximum absolute atomic E-state index is 12.4. The number of halogens is 3. The van der Waals surface area contributed by atoms with Gasteiger partial charge >= 0.3 is 6.18 Å². The summed E-state index contributed by atoms with van der Waals surface area (Å²) in [6, 6.07) is 2.42. The molecule has 1 aromatic heterocycles. The van der Waals surface area contributed by atoms with E-state index in [1.165, 1.54) is 6.07 Å². The first kappa shape index (κ1) is 13.1. The molecule has 0 spiro atoms. The van der Waals surface area contributed by atoms with Gasteiger partial charge in [-0.25, -0.2) is 4.98 Å². The van der Waals surface area contributed by atoms with Gasteiger partial charge in [-0.3, -0.25) is 0 Å². The van der Waals surface area contributed by atoms with Crippen LogP contribution in [-0.4, -0.2) is 29.3 Å². The summed E-state index contributed by atoms with van der Waals surface area (Å²) in [5, 5.41) is 9.60. The van der Waals surface area contributed by atoms with E-state index in [9.17, 15) is 18.3 Å². The molecule has 1 aliphatic heterocycles. The minimum Gasteiger partial charge on any atom is -0.393 e. The molecule has 0 aromatic carbocycles. The number of nitrogens with zero attached hydrogens (tertiary/aromatic N) is 2. The van der Waals surface area contributed by atoms with Gasteiger partial charge < -0.3 is 10.0 Å². The van der Waals surface area contributed by atoms with Crippen LogP contribution < -0.4 is 4.90 Å². The fourth-order valence-corrected chi connectivity index (χ4v) is 2.08. The lowest BCUT2D eigenvalue weighted by Gasteiger charge is -2.35. The van der Waals surface area contributed by atoms with E-state index in [1.807, 2.05) is 11.8 Å². The van der Waals surface area contributed by atoms with Crippen LogP contribution in [0, 0.1) is 5.92 Å². The second-order valence-electron chi connectivity index (χ2n) is 4.68. The molecule has 18 heavy (non-hydrogen) atoms. The summed E-state index contributed by atoms with van der Waals surface area (Å²) in [5.41, 5.74) is -0.739. The highest BCUT2D eigenvalue weighted by Gasteiger charge is 2.31. The molecular weight excluding hydrogens is 245 g/mol. The fraction of sp³-hybridized carbons (Fsp3) is 0.583. The van der Waals surface area contributed by atoms with E-state index >= 15 is 0 Å². The second-order valence-corrected chi connectivity index (χ2v) is 4.68. The molecule has 2 atom stereocenters. The largest absolute Gasteiger partial charge is 0.417 e. The predicted octanol–water partition coefficient (Wildman–Crippen LogP) is 2.31. The van der Waals surface area contributed by atoms with Crippen molar-refractivity contribution >= 4 is 5.82 Å². The van der Waals surface area contributed by atoms with Crippen molar-refractivity contribution in [3.63, 3.8) is 0 Å². The predicted molar refractivity (Wildman–Crippen MR) is 61.2 cm³/mol. The van der Waals surface area contributed by atoms with Gasteiger partial charge in [0.25, 0.3) is 0 Å². The topological polar surface area (TPSA) is 36.4 Å². The molecule has 1 saturated heterocycles. The van der Waals surface area contributed by atoms with Crippen molar-refractivity contribution in [3.8, 4) is 0 Å². The maximum atomic E-state index is 12.4. The molecule has 1 aromatic rings. The van der Waals surface area contributed by atoms with Gasteiger partial charge in [0.2, 0.25) is 0 Å². The van der Waals surface area contributed by atoms with E-state index in [-0.39, 0.29) is 12.0 Å². The van der Waals surface area contributed by atoms with Crippen molar-refractivity contribution in [2.24, 2.45) is 5.92 Å². The third-order valence-electron chi connectivity index (χ3n) is 3.26. The average molecular weight is 260 g/mol. The Hall–Kier alpha value is -1.30. The van der Waals surface area contributed by atoms with Crippen LogP contribution in [0.15, 0.2) is 18.3 Å². The zero-order valence-corrected chi connectivity index (χ0v) is 9.98. The first-order valence-electron chi connectivity index (χ1n) is 5.84. The highest BCUT2D eigenvalue weighted by Crippen LogP contribution is 2.30. The Labute approximate surface area is 103 Å². The lowest BCUT2D eigenvalue weighted by atomic mass is 9.97. The Bertz CT molecular complexity index is 405. The van der Waals surface area contributed by atoms with Crippen LogP contribution in [0.5, 0.6) is 0 Å². The number of pyridine rings is 1. The number of hydrogen-bond donors (Lipinski definition) is 1. The quantitative estimate of drug-likeness (QED) is 0.841. The number of piperidine rings is 1. The SMILES string of the molecule is C[C@@H]1CN(c2ccc(C(F)(F)F)cn2)CC[C@@H]1O. The van der Waals surface area contributed by atoms with Crippen molar-refractivity contribution < 1.29 is 18.3 Å². The standard InChI is InChI=1S/C12H15F3N2O/c1-8-7-17(5-4-10(8)18)11-3-2-9(6-16-11)12(13,14)15/h2-3,6,8,10,18H,4-5,7H2,1H3/t8-,10+/m1/s1. The molecule has 2 heterocycles. The van der Waals surface area contributed by atoms with Crippen molar-refractivity contribution in [1.29, 1.82) is 0 Å². The van der Waals surface area contributed by atoms with Crippen LogP contribution in [0.2, 0.25) is 0 Å². The van der Waals surface area contributed by atoms with E-state index in [4.69, 9.17) is 0 Å². The van der Waals surface area contributed by atoms with Crippen molar-refractivity contribution in [2.75, 3.05) is 18.0 Å². The highest BCUT2D eigenvalue weighted by atomic mass is 19.4. The van der Waals surface area contributed by atoms with Crippen LogP contribution in [-0.2, 0) is 6.18 Å². The number of aliphatic hydroxyl groups is 1. The van der Waals surface area contributed by atoms with Gasteiger partial charge in [-0.1, -0.05) is 6.92 Å². The maximum Gasteiger partial charge on any atom is 0.417 e. The molecule has 0 radical (unpaired) electrons. The Morgan fingerprint density at radius 3 is 2.61 bits per heavy atom. The van der Waals surface area contributed by atoms with Crippen LogP contribution in [0.3, 0.4) is 0 Å². The Morgan fingerprint density at radius 2 is 2.11 bits per heavy atom. The Morgan fingerprint density at radius 1 is 1.39 bits per heavy atom. The summed E-state index contributed by atoms with van der Waals surface area (Å²) >= 11 is 0. The molecule has 100 valence electrons. The molecule has 1 aliphatic rings. The van der Waals surface area contributed by atoms with Crippen molar-refractivity contribution in [3.05, 3.63) is 23.9 Å². The lowest BCUT2D eigenvalue weighted by molar-refractivity contribution is -0.137. The smallest absolute Gasteiger partial charge is 0.393 e. The van der Waals surface area contributed by atoms with Gasteiger partial charge in [0.15, 0.2) is 0 Å². The zero-order valence-electron chi connectivity index (χ0n) is 9.98. The van der Waals surface area contributed by atoms with E-state index in [1.54, 1.807) is 0 Å². The highest BCUT2D eigenvalue weighted by molar-refractivity contribution is 5.40. The molecule has 0 amide bonds. The van der Waals surface area contributed by atoms with Gasteiger partial charge in [0, 0.05) is 19.3 Å². The van der Waals surface area contributed by atoms with Crippen LogP contribution >= 0.6 is 0 Å². The van der Waals surface area contributed by atoms with Crippen LogP contribution in [0.4, 0.5) is 19.0 Å². The van der Waals surface area contributed by atoms with E-state index in [0.717, 1.165) is 12.3 Å². The van der Waals surface area contributed by atoms with E-state index < -0.39 is 11.7 Å². The normalized spacial score (nSPS) is 25.3. The summed E-state index contributed by atoms with van der Waals surface area (Å²) < 4.78 is 37.2. The van der Waals surface area contributed by atoms with E-state index in [2.05, 4.69) is 4.98 Å². The molecular formula is C12H15F3N2O. The molecule has 0 unspecified atom stereocenters. The number of aliphatic hydroxyl groups excluding tert-OH is 1. The lowest BCUT2D eigenvalue weighted by Crippen LogP contribution is -2.42. The van der Waals surface area contributed by atoms with Crippen LogP contribution in [0.1, 0.15) is 18.9 Å². The summed E-state index contributed by atoms with van der Waals surface area (Å²) in [5.74, 6) is 0.629. The zero-order chi connectivity index (χ0) is 13.3. The monoisotopic (exact) mass is 260 g/mol. The van der Waals surface area contributed by atoms with Gasteiger partial charge in [-0.2, -0.15) is 13.2 Å². The number of hydrogen-bond acceptors (Lipinski definition) is 3. The number of anilines is 1. The fourth-order valence-electron chi connectivity index (χ4n) is 2.08. The summed E-state index contributed by atoms with van der Waals surface area (Å²) in [4.78, 5) is 5.75. The number of rotatable bonds is 1. The first-order valence-corrected chi connectivity index (χ1v) is 5.84. The molecule has 6 heteroatoms. The third kappa shape index (κ3) is 2.75. The van der Waals surface area contributed by atoms with Gasteiger partial charge in [0.1, 0.15) is 5.82 Å². The molecule has 1 N–H and O–H groups in total. The van der Waals surface area contributed by atoms with Gasteiger partial charge in [-0.05, 0) is 24.5 Å². The summed E-state index contributed by atoms with van der Waals surface area (Å²) in [6.07, 6.45) is -3.22. The molecule has 3 nitrogen and oxygen atoms in total. The Kier molecular flexibility index (Phi) is 3.47. The minimum atomic E-state index is -4.35. The number of aromatic nitrogens is 1. The third-order valence-corrected chi connectivity index (χ3v) is 3.26. The average Bonchev–Trinajstić information content (AvgIpc) is 2.32. The van der Waals surface area contributed by atoms with Gasteiger partial charge in [-0.15, -0.1) is 0 Å². The molecule has 0 bridgehead atoms. The van der Waals surface area contributed by atoms with Crippen LogP contribution in [0.25, 0.3) is 0 Å². The second kappa shape index (κ2) is 4.76. The molecule has 0 saturated carbocycles. The van der Waals surface area contributed by atoms with Crippen molar-refractivity contribution in [2.45, 2.75) is 25.6 Å². The van der Waals surface area contributed by atoms with Gasteiger partial charge in [0.05, 0.1) is 11.7 Å². The minimum absolute atomic E-state index is 0.0999. The van der Waals surface area contributed by atoms with Crippen molar-refractivity contribution in [1.82, 2.24) is 4.98 Å². The van der Waals surface area contributed by atoms with E-state index in [0.29, 0.717) is 25.3 Å². The Balaban J connectivity index is 2.11. The molecule has 1 fully saturated rings. The summed E-state index contributed by atoms with van der Waals surface area (Å²) in [7, 11) is 0. The molecule has 2 rings (SSSR count). The molecule has 0 aliphatic carbocycles. The summed E-state index contributed by atoms with van der Waals surface area (Å²) in [6.45, 7) is 3.14.